The minimum absolute atomic E-state index is 0.433. The first-order valence-corrected chi connectivity index (χ1v) is 5.25. The highest BCUT2D eigenvalue weighted by molar-refractivity contribution is 5.78. The van der Waals surface area contributed by atoms with Crippen LogP contribution in [0.15, 0.2) is 30.3 Å². The lowest BCUT2D eigenvalue weighted by atomic mass is 10.1. The van der Waals surface area contributed by atoms with Gasteiger partial charge in [-0.05, 0) is 25.5 Å². The molecule has 1 rings (SSSR count). The van der Waals surface area contributed by atoms with Crippen LogP contribution in [0.4, 0.5) is 5.69 Å². The van der Waals surface area contributed by atoms with Gasteiger partial charge in [0.25, 0.3) is 0 Å². The van der Waals surface area contributed by atoms with Crippen LogP contribution in [0.2, 0.25) is 0 Å². The van der Waals surface area contributed by atoms with E-state index >= 15 is 0 Å². The summed E-state index contributed by atoms with van der Waals surface area (Å²) >= 11 is 0. The summed E-state index contributed by atoms with van der Waals surface area (Å²) in [6.45, 7) is 4.57. The topological polar surface area (TPSA) is 40.5 Å². The van der Waals surface area contributed by atoms with Gasteiger partial charge in [0.1, 0.15) is 6.04 Å². The quantitative estimate of drug-likeness (QED) is 0.805. The van der Waals surface area contributed by atoms with E-state index in [4.69, 9.17) is 5.11 Å². The van der Waals surface area contributed by atoms with Crippen molar-refractivity contribution in [1.82, 2.24) is 0 Å². The van der Waals surface area contributed by atoms with Crippen molar-refractivity contribution in [3.63, 3.8) is 0 Å². The number of carboxylic acids is 1. The molecule has 0 radical (unpaired) electrons. The summed E-state index contributed by atoms with van der Waals surface area (Å²) in [4.78, 5) is 13.0. The van der Waals surface area contributed by atoms with E-state index in [1.807, 2.05) is 49.1 Å². The molecule has 0 saturated carbocycles. The maximum atomic E-state index is 11.1. The molecule has 0 aliphatic carbocycles. The predicted molar refractivity (Wildman–Crippen MR) is 61.2 cm³/mol. The lowest BCUT2D eigenvalue weighted by Crippen LogP contribution is -2.40. The van der Waals surface area contributed by atoms with Crippen molar-refractivity contribution < 1.29 is 9.90 Å². The van der Waals surface area contributed by atoms with Crippen LogP contribution in [0.25, 0.3) is 0 Å². The Morgan fingerprint density at radius 1 is 1.33 bits per heavy atom. The lowest BCUT2D eigenvalue weighted by Gasteiger charge is -2.29. The minimum Gasteiger partial charge on any atom is -0.480 e. The van der Waals surface area contributed by atoms with Crippen molar-refractivity contribution in [1.29, 1.82) is 0 Å². The van der Waals surface area contributed by atoms with E-state index in [0.717, 1.165) is 5.69 Å². The Labute approximate surface area is 90.3 Å². The smallest absolute Gasteiger partial charge is 0.326 e. The van der Waals surface area contributed by atoms with Crippen molar-refractivity contribution in [2.45, 2.75) is 26.3 Å². The molecule has 0 bridgehead atoms. The largest absolute Gasteiger partial charge is 0.480 e. The molecule has 0 fully saturated rings. The lowest BCUT2D eigenvalue weighted by molar-refractivity contribution is -0.138. The fraction of sp³-hybridized carbons (Fsp3) is 0.417. The first kappa shape index (κ1) is 11.6. The van der Waals surface area contributed by atoms with Gasteiger partial charge in [-0.15, -0.1) is 0 Å². The number of nitrogens with zero attached hydrogens (tertiary/aromatic N) is 1. The molecule has 1 atom stereocenters. The van der Waals surface area contributed by atoms with Crippen LogP contribution in [-0.2, 0) is 4.79 Å². The van der Waals surface area contributed by atoms with E-state index in [0.29, 0.717) is 13.0 Å². The third kappa shape index (κ3) is 2.72. The van der Waals surface area contributed by atoms with Crippen molar-refractivity contribution >= 4 is 11.7 Å². The first-order chi connectivity index (χ1) is 7.20. The molecule has 0 spiro atoms. The fourth-order valence-electron chi connectivity index (χ4n) is 1.73. The zero-order chi connectivity index (χ0) is 11.3. The maximum absolute atomic E-state index is 11.1. The number of aliphatic carboxylic acids is 1. The average molecular weight is 207 g/mol. The number of hydrogen-bond donors (Lipinski definition) is 1. The van der Waals surface area contributed by atoms with Gasteiger partial charge in [-0.1, -0.05) is 25.1 Å². The van der Waals surface area contributed by atoms with Crippen LogP contribution in [0, 0.1) is 0 Å². The van der Waals surface area contributed by atoms with Gasteiger partial charge in [-0.2, -0.15) is 0 Å². The van der Waals surface area contributed by atoms with Gasteiger partial charge in [0.05, 0.1) is 0 Å². The Morgan fingerprint density at radius 3 is 2.33 bits per heavy atom. The number of anilines is 1. The molecule has 1 N–H and O–H groups in total. The zero-order valence-electron chi connectivity index (χ0n) is 9.18. The Kier molecular flexibility index (Phi) is 4.16. The van der Waals surface area contributed by atoms with E-state index in [-0.39, 0.29) is 0 Å². The van der Waals surface area contributed by atoms with Crippen LogP contribution in [0.1, 0.15) is 20.3 Å². The SMILES string of the molecule is CC[C@H](C(=O)O)N(CC)c1ccccc1. The molecule has 1 aromatic carbocycles. The number of para-hydroxylation sites is 1. The molecular formula is C12H17NO2. The highest BCUT2D eigenvalue weighted by Crippen LogP contribution is 2.17. The highest BCUT2D eigenvalue weighted by atomic mass is 16.4. The van der Waals surface area contributed by atoms with Gasteiger partial charge in [0.15, 0.2) is 0 Å². The van der Waals surface area contributed by atoms with Gasteiger partial charge in [0, 0.05) is 12.2 Å². The number of benzene rings is 1. The van der Waals surface area contributed by atoms with E-state index in [2.05, 4.69) is 0 Å². The molecule has 0 aliphatic rings. The summed E-state index contributed by atoms with van der Waals surface area (Å²) in [5.74, 6) is -0.761. The molecule has 1 aromatic rings. The summed E-state index contributed by atoms with van der Waals surface area (Å²) in [6.07, 6.45) is 0.609. The zero-order valence-corrected chi connectivity index (χ0v) is 9.18. The number of hydrogen-bond acceptors (Lipinski definition) is 2. The summed E-state index contributed by atoms with van der Waals surface area (Å²) in [6, 6.07) is 9.22. The summed E-state index contributed by atoms with van der Waals surface area (Å²) < 4.78 is 0. The predicted octanol–water partition coefficient (Wildman–Crippen LogP) is 2.38. The van der Waals surface area contributed by atoms with Gasteiger partial charge in [-0.3, -0.25) is 0 Å². The van der Waals surface area contributed by atoms with Crippen molar-refractivity contribution in [2.24, 2.45) is 0 Å². The Bertz CT molecular complexity index is 311. The van der Waals surface area contributed by atoms with Crippen LogP contribution in [0.3, 0.4) is 0 Å². The Morgan fingerprint density at radius 2 is 1.93 bits per heavy atom. The molecule has 0 heterocycles. The Balaban J connectivity index is 2.92. The van der Waals surface area contributed by atoms with E-state index < -0.39 is 12.0 Å². The summed E-state index contributed by atoms with van der Waals surface area (Å²) in [5.41, 5.74) is 0.967. The van der Waals surface area contributed by atoms with Crippen LogP contribution in [-0.4, -0.2) is 23.7 Å². The maximum Gasteiger partial charge on any atom is 0.326 e. The highest BCUT2D eigenvalue weighted by Gasteiger charge is 2.22. The molecule has 82 valence electrons. The molecule has 0 aliphatic heterocycles. The third-order valence-corrected chi connectivity index (χ3v) is 2.48. The average Bonchev–Trinajstić information content (AvgIpc) is 2.26. The van der Waals surface area contributed by atoms with Gasteiger partial charge < -0.3 is 10.0 Å². The number of carboxylic acid groups (broad SMARTS) is 1. The standard InChI is InChI=1S/C12H17NO2/c1-3-11(12(14)15)13(4-2)10-8-6-5-7-9-10/h5-9,11H,3-4H2,1-2H3,(H,14,15)/t11-/m1/s1. The van der Waals surface area contributed by atoms with E-state index in [1.54, 1.807) is 0 Å². The molecule has 0 unspecified atom stereocenters. The molecule has 0 amide bonds. The molecular weight excluding hydrogens is 190 g/mol. The summed E-state index contributed by atoms with van der Waals surface area (Å²) in [5, 5.41) is 9.09. The van der Waals surface area contributed by atoms with Gasteiger partial charge in [0.2, 0.25) is 0 Å². The molecule has 3 nitrogen and oxygen atoms in total. The molecule has 15 heavy (non-hydrogen) atoms. The fourth-order valence-corrected chi connectivity index (χ4v) is 1.73. The minimum atomic E-state index is -0.761. The Hall–Kier alpha value is -1.51. The van der Waals surface area contributed by atoms with E-state index in [1.165, 1.54) is 0 Å². The monoisotopic (exact) mass is 207 g/mol. The molecule has 0 aromatic heterocycles. The first-order valence-electron chi connectivity index (χ1n) is 5.25. The molecule has 0 saturated heterocycles. The van der Waals surface area contributed by atoms with Crippen molar-refractivity contribution in [2.75, 3.05) is 11.4 Å². The van der Waals surface area contributed by atoms with Crippen molar-refractivity contribution in [3.05, 3.63) is 30.3 Å². The van der Waals surface area contributed by atoms with Crippen LogP contribution in [0.5, 0.6) is 0 Å². The second-order valence-corrected chi connectivity index (χ2v) is 3.38. The second-order valence-electron chi connectivity index (χ2n) is 3.38. The van der Waals surface area contributed by atoms with Crippen molar-refractivity contribution in [3.8, 4) is 0 Å². The van der Waals surface area contributed by atoms with Gasteiger partial charge >= 0.3 is 5.97 Å². The third-order valence-electron chi connectivity index (χ3n) is 2.48. The number of rotatable bonds is 5. The van der Waals surface area contributed by atoms with Crippen LogP contribution >= 0.6 is 0 Å². The summed E-state index contributed by atoms with van der Waals surface area (Å²) in [7, 11) is 0. The molecule has 3 heteroatoms. The number of likely N-dealkylation sites (N-methyl/N-ethyl adjacent to an activating group) is 1. The van der Waals surface area contributed by atoms with Gasteiger partial charge in [-0.25, -0.2) is 4.79 Å². The van der Waals surface area contributed by atoms with Crippen LogP contribution < -0.4 is 4.90 Å². The second kappa shape index (κ2) is 5.39. The van der Waals surface area contributed by atoms with E-state index in [9.17, 15) is 4.79 Å². The number of carbonyl (C=O) groups is 1. The normalized spacial score (nSPS) is 12.1.